The third-order valence-corrected chi connectivity index (χ3v) is 3.91. The number of carbonyl (C=O) groups is 2. The Balaban J connectivity index is 1.61. The van der Waals surface area contributed by atoms with Crippen molar-refractivity contribution >= 4 is 11.8 Å². The maximum atomic E-state index is 11.7. The van der Waals surface area contributed by atoms with Gasteiger partial charge in [-0.15, -0.1) is 0 Å². The summed E-state index contributed by atoms with van der Waals surface area (Å²) < 4.78 is 0. The van der Waals surface area contributed by atoms with Gasteiger partial charge in [-0.3, -0.25) is 9.59 Å². The van der Waals surface area contributed by atoms with Crippen molar-refractivity contribution in [1.82, 2.24) is 15.3 Å². The highest BCUT2D eigenvalue weighted by molar-refractivity contribution is 5.88. The summed E-state index contributed by atoms with van der Waals surface area (Å²) in [6, 6.07) is 0. The summed E-state index contributed by atoms with van der Waals surface area (Å²) in [4.78, 5) is 29.3. The fourth-order valence-corrected chi connectivity index (χ4v) is 2.70. The number of primary amides is 1. The maximum absolute atomic E-state index is 11.7. The molecular formula is C15H23N4O2. The lowest BCUT2D eigenvalue weighted by Gasteiger charge is -2.20. The van der Waals surface area contributed by atoms with E-state index in [1.54, 1.807) is 12.6 Å². The summed E-state index contributed by atoms with van der Waals surface area (Å²) in [5.74, 6) is 0.228. The molecule has 115 valence electrons. The number of imidazole rings is 1. The van der Waals surface area contributed by atoms with Crippen LogP contribution in [0.2, 0.25) is 0 Å². The minimum absolute atomic E-state index is 0.0220. The molecule has 0 bridgehead atoms. The van der Waals surface area contributed by atoms with Crippen LogP contribution in [-0.2, 0) is 11.2 Å². The number of nitrogens with two attached hydrogens (primary N) is 1. The van der Waals surface area contributed by atoms with E-state index in [2.05, 4.69) is 15.3 Å². The van der Waals surface area contributed by atoms with Crippen molar-refractivity contribution in [2.24, 2.45) is 11.7 Å². The van der Waals surface area contributed by atoms with Crippen molar-refractivity contribution in [1.29, 1.82) is 0 Å². The number of amides is 2. The quantitative estimate of drug-likeness (QED) is 0.706. The molecule has 0 unspecified atom stereocenters. The van der Waals surface area contributed by atoms with Crippen LogP contribution in [0.5, 0.6) is 0 Å². The van der Waals surface area contributed by atoms with Gasteiger partial charge in [-0.2, -0.15) is 0 Å². The Hall–Kier alpha value is -1.85. The van der Waals surface area contributed by atoms with Crippen LogP contribution in [0.3, 0.4) is 0 Å². The normalized spacial score (nSPS) is 15.8. The highest BCUT2D eigenvalue weighted by Crippen LogP contribution is 2.26. The lowest BCUT2D eigenvalue weighted by molar-refractivity contribution is -0.118. The Labute approximate surface area is 124 Å². The summed E-state index contributed by atoms with van der Waals surface area (Å²) in [5, 5.41) is 2.84. The minimum atomic E-state index is -0.578. The van der Waals surface area contributed by atoms with E-state index in [1.807, 2.05) is 0 Å². The number of H-pyrrole nitrogens is 1. The molecule has 1 aromatic rings. The topological polar surface area (TPSA) is 101 Å². The van der Waals surface area contributed by atoms with E-state index in [0.29, 0.717) is 18.9 Å². The zero-order chi connectivity index (χ0) is 15.1. The molecule has 2 rings (SSSR count). The number of hydrogen-bond donors (Lipinski definition) is 3. The molecule has 1 aromatic heterocycles. The summed E-state index contributed by atoms with van der Waals surface area (Å²) in [6.45, 7) is 0.503. The zero-order valence-corrected chi connectivity index (χ0v) is 12.2. The van der Waals surface area contributed by atoms with Crippen LogP contribution in [0.15, 0.2) is 6.20 Å². The SMILES string of the molecule is NC(=O)c1nc(CCNC(=O)[CH]CC2CCCCC2)c[nH]1. The molecule has 1 radical (unpaired) electrons. The number of hydrogen-bond acceptors (Lipinski definition) is 3. The Morgan fingerprint density at radius 3 is 2.81 bits per heavy atom. The number of nitrogens with one attached hydrogen (secondary N) is 2. The second-order valence-corrected chi connectivity index (χ2v) is 5.59. The lowest BCUT2D eigenvalue weighted by atomic mass is 9.86. The predicted octanol–water partition coefficient (Wildman–Crippen LogP) is 1.34. The first-order chi connectivity index (χ1) is 10.1. The third kappa shape index (κ3) is 5.21. The van der Waals surface area contributed by atoms with Gasteiger partial charge in [-0.1, -0.05) is 32.1 Å². The van der Waals surface area contributed by atoms with Gasteiger partial charge in [0.05, 0.1) is 5.69 Å². The minimum Gasteiger partial charge on any atom is -0.363 e. The van der Waals surface area contributed by atoms with E-state index >= 15 is 0 Å². The molecular weight excluding hydrogens is 268 g/mol. The van der Waals surface area contributed by atoms with Gasteiger partial charge >= 0.3 is 0 Å². The van der Waals surface area contributed by atoms with Gasteiger partial charge in [0, 0.05) is 25.6 Å². The van der Waals surface area contributed by atoms with Crippen molar-refractivity contribution in [2.75, 3.05) is 6.54 Å². The molecule has 1 aliphatic carbocycles. The van der Waals surface area contributed by atoms with E-state index in [9.17, 15) is 9.59 Å². The van der Waals surface area contributed by atoms with Gasteiger partial charge in [0.25, 0.3) is 5.91 Å². The Morgan fingerprint density at radius 1 is 1.38 bits per heavy atom. The van der Waals surface area contributed by atoms with Crippen molar-refractivity contribution < 1.29 is 9.59 Å². The van der Waals surface area contributed by atoms with Gasteiger partial charge in [0.1, 0.15) is 0 Å². The zero-order valence-electron chi connectivity index (χ0n) is 12.2. The summed E-state index contributed by atoms with van der Waals surface area (Å²) in [6.07, 6.45) is 11.3. The monoisotopic (exact) mass is 291 g/mol. The number of aromatic nitrogens is 2. The van der Waals surface area contributed by atoms with E-state index in [-0.39, 0.29) is 11.7 Å². The van der Waals surface area contributed by atoms with Crippen molar-refractivity contribution in [3.63, 3.8) is 0 Å². The van der Waals surface area contributed by atoms with Crippen molar-refractivity contribution in [2.45, 2.75) is 44.9 Å². The average molecular weight is 291 g/mol. The number of nitrogens with zero attached hydrogens (tertiary/aromatic N) is 1. The van der Waals surface area contributed by atoms with E-state index < -0.39 is 5.91 Å². The standard InChI is InChI=1S/C15H23N4O2/c16-14(21)15-18-10-12(19-15)8-9-17-13(20)7-6-11-4-2-1-3-5-11/h7,10-11H,1-6,8-9H2,(H2,16,21)(H,17,20)(H,18,19). The number of carbonyl (C=O) groups excluding carboxylic acids is 2. The van der Waals surface area contributed by atoms with Crippen LogP contribution >= 0.6 is 0 Å². The first-order valence-electron chi connectivity index (χ1n) is 7.60. The summed E-state index contributed by atoms with van der Waals surface area (Å²) in [7, 11) is 0. The molecule has 0 saturated heterocycles. The Kier molecular flexibility index (Phi) is 5.78. The molecule has 0 atom stereocenters. The van der Waals surface area contributed by atoms with E-state index in [0.717, 1.165) is 12.1 Å². The molecule has 1 aliphatic rings. The summed E-state index contributed by atoms with van der Waals surface area (Å²) in [5.41, 5.74) is 5.83. The van der Waals surface area contributed by atoms with Crippen LogP contribution in [-0.4, -0.2) is 28.3 Å². The van der Waals surface area contributed by atoms with Gasteiger partial charge in [0.2, 0.25) is 5.91 Å². The molecule has 2 amide bonds. The second-order valence-electron chi connectivity index (χ2n) is 5.59. The molecule has 1 heterocycles. The molecule has 1 fully saturated rings. The molecule has 0 aliphatic heterocycles. The fourth-order valence-electron chi connectivity index (χ4n) is 2.70. The van der Waals surface area contributed by atoms with Crippen LogP contribution < -0.4 is 11.1 Å². The third-order valence-electron chi connectivity index (χ3n) is 3.91. The van der Waals surface area contributed by atoms with Crippen molar-refractivity contribution in [3.05, 3.63) is 24.1 Å². The molecule has 21 heavy (non-hydrogen) atoms. The Bertz CT molecular complexity index is 478. The van der Waals surface area contributed by atoms with Gasteiger partial charge in [0.15, 0.2) is 5.82 Å². The average Bonchev–Trinajstić information content (AvgIpc) is 2.95. The van der Waals surface area contributed by atoms with Gasteiger partial charge in [-0.05, 0) is 12.3 Å². The largest absolute Gasteiger partial charge is 0.363 e. The van der Waals surface area contributed by atoms with Gasteiger partial charge in [-0.25, -0.2) is 4.98 Å². The first kappa shape index (κ1) is 15.5. The molecule has 0 aromatic carbocycles. The van der Waals surface area contributed by atoms with Crippen LogP contribution in [0.25, 0.3) is 0 Å². The van der Waals surface area contributed by atoms with Crippen molar-refractivity contribution in [3.8, 4) is 0 Å². The van der Waals surface area contributed by atoms with Crippen LogP contribution in [0.4, 0.5) is 0 Å². The molecule has 6 nitrogen and oxygen atoms in total. The highest BCUT2D eigenvalue weighted by atomic mass is 16.2. The summed E-state index contributed by atoms with van der Waals surface area (Å²) >= 11 is 0. The fraction of sp³-hybridized carbons (Fsp3) is 0.600. The maximum Gasteiger partial charge on any atom is 0.284 e. The smallest absolute Gasteiger partial charge is 0.284 e. The van der Waals surface area contributed by atoms with Crippen LogP contribution in [0.1, 0.15) is 54.8 Å². The molecule has 6 heteroatoms. The van der Waals surface area contributed by atoms with Crippen LogP contribution in [0, 0.1) is 12.3 Å². The number of aromatic amines is 1. The number of rotatable bonds is 7. The predicted molar refractivity (Wildman–Crippen MR) is 79.3 cm³/mol. The first-order valence-corrected chi connectivity index (χ1v) is 7.60. The van der Waals surface area contributed by atoms with E-state index in [1.165, 1.54) is 32.1 Å². The van der Waals surface area contributed by atoms with Gasteiger partial charge < -0.3 is 16.0 Å². The lowest BCUT2D eigenvalue weighted by Crippen LogP contribution is -2.26. The molecule has 0 spiro atoms. The van der Waals surface area contributed by atoms with E-state index in [4.69, 9.17) is 5.73 Å². The second kappa shape index (κ2) is 7.81. The Morgan fingerprint density at radius 2 is 2.14 bits per heavy atom. The highest BCUT2D eigenvalue weighted by Gasteiger charge is 2.15. The molecule has 4 N–H and O–H groups in total. The molecule has 1 saturated carbocycles.